The van der Waals surface area contributed by atoms with Crippen LogP contribution >= 0.6 is 0 Å². The van der Waals surface area contributed by atoms with Crippen molar-refractivity contribution < 1.29 is 9.53 Å². The summed E-state index contributed by atoms with van der Waals surface area (Å²) < 4.78 is 5.15. The van der Waals surface area contributed by atoms with Gasteiger partial charge in [-0.1, -0.05) is 30.3 Å². The van der Waals surface area contributed by atoms with Crippen molar-refractivity contribution in [1.29, 1.82) is 0 Å². The third-order valence-electron chi connectivity index (χ3n) is 4.47. The molecule has 5 heteroatoms. The number of rotatable bonds is 7. The standard InChI is InChI=1S/C23H25N3O2/c1-17(2)26(16-18-7-5-4-6-8-18)22-15-19(13-14-24-22)23(27)25-20-9-11-21(28-3)12-10-20/h4-15,17H,16H2,1-3H3,(H,25,27). The number of anilines is 2. The van der Waals surface area contributed by atoms with Crippen molar-refractivity contribution in [3.05, 3.63) is 84.1 Å². The molecule has 144 valence electrons. The third kappa shape index (κ3) is 4.88. The molecule has 0 bridgehead atoms. The van der Waals surface area contributed by atoms with E-state index >= 15 is 0 Å². The number of carbonyl (C=O) groups is 1. The second kappa shape index (κ2) is 9.04. The van der Waals surface area contributed by atoms with Crippen LogP contribution in [-0.2, 0) is 6.54 Å². The fraction of sp³-hybridized carbons (Fsp3) is 0.217. The lowest BCUT2D eigenvalue weighted by Gasteiger charge is -2.28. The number of benzene rings is 2. The molecule has 0 aliphatic rings. The molecule has 3 aromatic rings. The van der Waals surface area contributed by atoms with E-state index in [9.17, 15) is 4.79 Å². The molecule has 0 spiro atoms. The normalized spacial score (nSPS) is 10.6. The second-order valence-corrected chi connectivity index (χ2v) is 6.79. The van der Waals surface area contributed by atoms with Gasteiger partial charge in [-0.2, -0.15) is 0 Å². The van der Waals surface area contributed by atoms with Crippen LogP contribution in [0.1, 0.15) is 29.8 Å². The van der Waals surface area contributed by atoms with E-state index in [1.807, 2.05) is 48.5 Å². The molecule has 28 heavy (non-hydrogen) atoms. The SMILES string of the molecule is COc1ccc(NC(=O)c2ccnc(N(Cc3ccccc3)C(C)C)c2)cc1. The van der Waals surface area contributed by atoms with Crippen LogP contribution in [0, 0.1) is 0 Å². The molecule has 5 nitrogen and oxygen atoms in total. The average molecular weight is 375 g/mol. The number of nitrogens with zero attached hydrogens (tertiary/aromatic N) is 2. The lowest BCUT2D eigenvalue weighted by molar-refractivity contribution is 0.102. The molecule has 1 aromatic heterocycles. The van der Waals surface area contributed by atoms with Crippen molar-refractivity contribution in [3.63, 3.8) is 0 Å². The van der Waals surface area contributed by atoms with Gasteiger partial charge < -0.3 is 15.0 Å². The number of hydrogen-bond donors (Lipinski definition) is 1. The Morgan fingerprint density at radius 3 is 2.43 bits per heavy atom. The lowest BCUT2D eigenvalue weighted by Crippen LogP contribution is -2.31. The van der Waals surface area contributed by atoms with Crippen molar-refractivity contribution >= 4 is 17.4 Å². The van der Waals surface area contributed by atoms with E-state index in [0.29, 0.717) is 11.3 Å². The van der Waals surface area contributed by atoms with Gasteiger partial charge in [-0.25, -0.2) is 4.98 Å². The molecule has 0 saturated carbocycles. The van der Waals surface area contributed by atoms with Crippen LogP contribution in [0.2, 0.25) is 0 Å². The third-order valence-corrected chi connectivity index (χ3v) is 4.47. The molecule has 0 fully saturated rings. The van der Waals surface area contributed by atoms with Gasteiger partial charge in [0.25, 0.3) is 5.91 Å². The van der Waals surface area contributed by atoms with E-state index in [2.05, 4.69) is 41.2 Å². The summed E-state index contributed by atoms with van der Waals surface area (Å²) in [7, 11) is 1.61. The van der Waals surface area contributed by atoms with Crippen molar-refractivity contribution in [3.8, 4) is 5.75 Å². The minimum absolute atomic E-state index is 0.169. The van der Waals surface area contributed by atoms with E-state index in [1.165, 1.54) is 5.56 Å². The van der Waals surface area contributed by atoms with E-state index in [0.717, 1.165) is 18.1 Å². The van der Waals surface area contributed by atoms with Crippen LogP contribution in [-0.4, -0.2) is 24.0 Å². The average Bonchev–Trinajstić information content (AvgIpc) is 2.73. The summed E-state index contributed by atoms with van der Waals surface area (Å²) in [6.45, 7) is 4.97. The minimum Gasteiger partial charge on any atom is -0.497 e. The number of ether oxygens (including phenoxy) is 1. The molecule has 0 radical (unpaired) electrons. The smallest absolute Gasteiger partial charge is 0.255 e. The van der Waals surface area contributed by atoms with Crippen molar-refractivity contribution in [1.82, 2.24) is 4.98 Å². The number of aromatic nitrogens is 1. The van der Waals surface area contributed by atoms with Crippen molar-refractivity contribution in [2.45, 2.75) is 26.4 Å². The van der Waals surface area contributed by atoms with Crippen molar-refractivity contribution in [2.75, 3.05) is 17.3 Å². The Bertz CT molecular complexity index is 909. The zero-order valence-corrected chi connectivity index (χ0v) is 16.4. The predicted octanol–water partition coefficient (Wildman–Crippen LogP) is 4.76. The largest absolute Gasteiger partial charge is 0.497 e. The fourth-order valence-corrected chi connectivity index (χ4v) is 2.90. The number of methoxy groups -OCH3 is 1. The summed E-state index contributed by atoms with van der Waals surface area (Å²) in [5, 5.41) is 2.91. The summed E-state index contributed by atoms with van der Waals surface area (Å²) in [6.07, 6.45) is 1.68. The van der Waals surface area contributed by atoms with Crippen LogP contribution in [0.25, 0.3) is 0 Å². The van der Waals surface area contributed by atoms with Gasteiger partial charge in [-0.05, 0) is 55.8 Å². The molecule has 0 aliphatic carbocycles. The fourth-order valence-electron chi connectivity index (χ4n) is 2.90. The zero-order valence-electron chi connectivity index (χ0n) is 16.4. The number of carbonyl (C=O) groups excluding carboxylic acids is 1. The molecule has 3 rings (SSSR count). The highest BCUT2D eigenvalue weighted by molar-refractivity contribution is 6.04. The molecule has 2 aromatic carbocycles. The zero-order chi connectivity index (χ0) is 19.9. The van der Waals surface area contributed by atoms with Gasteiger partial charge in [0.15, 0.2) is 0 Å². The molecule has 0 saturated heterocycles. The minimum atomic E-state index is -0.169. The Hall–Kier alpha value is -3.34. The Morgan fingerprint density at radius 1 is 1.07 bits per heavy atom. The van der Waals surface area contributed by atoms with E-state index in [1.54, 1.807) is 19.4 Å². The summed E-state index contributed by atoms with van der Waals surface area (Å²) in [4.78, 5) is 19.4. The van der Waals surface area contributed by atoms with Gasteiger partial charge in [-0.15, -0.1) is 0 Å². The highest BCUT2D eigenvalue weighted by Gasteiger charge is 2.15. The first-order chi connectivity index (χ1) is 13.6. The summed E-state index contributed by atoms with van der Waals surface area (Å²) in [5.74, 6) is 1.36. The lowest BCUT2D eigenvalue weighted by atomic mass is 10.1. The molecule has 1 N–H and O–H groups in total. The van der Waals surface area contributed by atoms with Gasteiger partial charge in [0, 0.05) is 30.0 Å². The maximum absolute atomic E-state index is 12.7. The van der Waals surface area contributed by atoms with Crippen LogP contribution in [0.4, 0.5) is 11.5 Å². The molecular formula is C23H25N3O2. The van der Waals surface area contributed by atoms with Gasteiger partial charge >= 0.3 is 0 Å². The van der Waals surface area contributed by atoms with E-state index < -0.39 is 0 Å². The molecule has 0 aliphatic heterocycles. The predicted molar refractivity (Wildman–Crippen MR) is 113 cm³/mol. The van der Waals surface area contributed by atoms with E-state index in [4.69, 9.17) is 4.74 Å². The maximum atomic E-state index is 12.7. The molecule has 1 amide bonds. The highest BCUT2D eigenvalue weighted by Crippen LogP contribution is 2.20. The first-order valence-electron chi connectivity index (χ1n) is 9.29. The van der Waals surface area contributed by atoms with Gasteiger partial charge in [-0.3, -0.25) is 4.79 Å². The number of amides is 1. The summed E-state index contributed by atoms with van der Waals surface area (Å²) in [6, 6.07) is 21.3. The monoisotopic (exact) mass is 375 g/mol. The van der Waals surface area contributed by atoms with E-state index in [-0.39, 0.29) is 11.9 Å². The summed E-state index contributed by atoms with van der Waals surface area (Å²) in [5.41, 5.74) is 2.49. The Morgan fingerprint density at radius 2 is 1.79 bits per heavy atom. The van der Waals surface area contributed by atoms with Crippen LogP contribution in [0.15, 0.2) is 72.9 Å². The maximum Gasteiger partial charge on any atom is 0.255 e. The molecule has 0 unspecified atom stereocenters. The number of nitrogens with one attached hydrogen (secondary N) is 1. The van der Waals surface area contributed by atoms with Crippen LogP contribution in [0.5, 0.6) is 5.75 Å². The van der Waals surface area contributed by atoms with Gasteiger partial charge in [0.05, 0.1) is 7.11 Å². The quantitative estimate of drug-likeness (QED) is 0.647. The topological polar surface area (TPSA) is 54.5 Å². The first-order valence-corrected chi connectivity index (χ1v) is 9.29. The van der Waals surface area contributed by atoms with Gasteiger partial charge in [0.1, 0.15) is 11.6 Å². The Balaban J connectivity index is 1.78. The van der Waals surface area contributed by atoms with Crippen LogP contribution in [0.3, 0.4) is 0 Å². The molecular weight excluding hydrogens is 350 g/mol. The summed E-state index contributed by atoms with van der Waals surface area (Å²) >= 11 is 0. The Kier molecular flexibility index (Phi) is 6.27. The first kappa shape index (κ1) is 19.4. The van der Waals surface area contributed by atoms with Crippen LogP contribution < -0.4 is 15.0 Å². The van der Waals surface area contributed by atoms with Crippen molar-refractivity contribution in [2.24, 2.45) is 0 Å². The Labute approximate surface area is 166 Å². The molecule has 0 atom stereocenters. The highest BCUT2D eigenvalue weighted by atomic mass is 16.5. The molecule has 1 heterocycles. The second-order valence-electron chi connectivity index (χ2n) is 6.79. The van der Waals surface area contributed by atoms with Gasteiger partial charge in [0.2, 0.25) is 0 Å². The number of pyridine rings is 1. The number of hydrogen-bond acceptors (Lipinski definition) is 4.